The fourth-order valence-electron chi connectivity index (χ4n) is 4.25. The van der Waals surface area contributed by atoms with Gasteiger partial charge in [-0.15, -0.1) is 0 Å². The van der Waals surface area contributed by atoms with E-state index in [2.05, 4.69) is 81.4 Å². The third-order valence-corrected chi connectivity index (χ3v) is 10.5. The highest BCUT2D eigenvalue weighted by atomic mass is 28.4. The zero-order valence-corrected chi connectivity index (χ0v) is 15.7. The number of hydrogen-bond donors (Lipinski definition) is 0. The van der Waals surface area contributed by atoms with Crippen molar-refractivity contribution in [1.82, 2.24) is 0 Å². The summed E-state index contributed by atoms with van der Waals surface area (Å²) in [6, 6.07) is 21.8. The first-order chi connectivity index (χ1) is 11.5. The molecule has 2 aromatic carbocycles. The molecule has 2 nitrogen and oxygen atoms in total. The molecule has 0 bridgehead atoms. The smallest absolute Gasteiger partial charge is 0.261 e. The van der Waals surface area contributed by atoms with Crippen LogP contribution in [0.2, 0.25) is 5.04 Å². The van der Waals surface area contributed by atoms with Crippen LogP contribution in [0.3, 0.4) is 0 Å². The Morgan fingerprint density at radius 2 is 1.29 bits per heavy atom. The Bertz CT molecular complexity index is 643. The van der Waals surface area contributed by atoms with Crippen molar-refractivity contribution in [3.05, 3.63) is 60.7 Å². The van der Waals surface area contributed by atoms with Gasteiger partial charge in [-0.2, -0.15) is 0 Å². The maximum Gasteiger partial charge on any atom is 0.261 e. The molecule has 4 rings (SSSR count). The lowest BCUT2D eigenvalue weighted by molar-refractivity contribution is 0.140. The average Bonchev–Trinajstić information content (AvgIpc) is 3.19. The molecular formula is C21H26O2Si. The molecule has 3 atom stereocenters. The van der Waals surface area contributed by atoms with Gasteiger partial charge in [0.2, 0.25) is 0 Å². The third-order valence-electron chi connectivity index (χ3n) is 5.44. The lowest BCUT2D eigenvalue weighted by Crippen LogP contribution is -2.67. The van der Waals surface area contributed by atoms with Crippen molar-refractivity contribution >= 4 is 18.7 Å². The monoisotopic (exact) mass is 338 g/mol. The lowest BCUT2D eigenvalue weighted by Gasteiger charge is -2.44. The summed E-state index contributed by atoms with van der Waals surface area (Å²) in [5.41, 5.74) is 0. The van der Waals surface area contributed by atoms with Crippen LogP contribution in [-0.2, 0) is 9.16 Å². The van der Waals surface area contributed by atoms with Crippen LogP contribution in [0.1, 0.15) is 33.6 Å². The van der Waals surface area contributed by atoms with Crippen molar-refractivity contribution in [2.24, 2.45) is 0 Å². The minimum absolute atomic E-state index is 0.0589. The van der Waals surface area contributed by atoms with Gasteiger partial charge in [-0.3, -0.25) is 0 Å². The van der Waals surface area contributed by atoms with E-state index in [1.807, 2.05) is 0 Å². The largest absolute Gasteiger partial charge is 0.404 e. The quantitative estimate of drug-likeness (QED) is 0.629. The molecule has 1 saturated heterocycles. The van der Waals surface area contributed by atoms with Crippen molar-refractivity contribution in [3.63, 3.8) is 0 Å². The Morgan fingerprint density at radius 3 is 1.71 bits per heavy atom. The van der Waals surface area contributed by atoms with Gasteiger partial charge >= 0.3 is 0 Å². The summed E-state index contributed by atoms with van der Waals surface area (Å²) in [7, 11) is -2.38. The van der Waals surface area contributed by atoms with Gasteiger partial charge in [-0.1, -0.05) is 81.4 Å². The first kappa shape index (κ1) is 16.1. The molecule has 0 aromatic heterocycles. The van der Waals surface area contributed by atoms with E-state index in [0.717, 1.165) is 12.8 Å². The molecule has 1 aliphatic heterocycles. The molecule has 3 heteroatoms. The second-order valence-corrected chi connectivity index (χ2v) is 12.3. The highest BCUT2D eigenvalue weighted by Gasteiger charge is 2.55. The van der Waals surface area contributed by atoms with E-state index in [9.17, 15) is 0 Å². The van der Waals surface area contributed by atoms with Crippen molar-refractivity contribution in [1.29, 1.82) is 0 Å². The zero-order valence-electron chi connectivity index (χ0n) is 14.7. The van der Waals surface area contributed by atoms with E-state index < -0.39 is 8.32 Å². The van der Waals surface area contributed by atoms with Gasteiger partial charge in [-0.05, 0) is 15.4 Å². The molecule has 0 unspecified atom stereocenters. The van der Waals surface area contributed by atoms with Crippen LogP contribution >= 0.6 is 0 Å². The number of benzene rings is 2. The fraction of sp³-hybridized carbons (Fsp3) is 0.429. The van der Waals surface area contributed by atoms with E-state index in [1.54, 1.807) is 0 Å². The Kier molecular flexibility index (Phi) is 3.90. The summed E-state index contributed by atoms with van der Waals surface area (Å²) in [5.74, 6) is 0. The van der Waals surface area contributed by atoms with E-state index in [0.29, 0.717) is 18.3 Å². The van der Waals surface area contributed by atoms with Gasteiger partial charge in [-0.25, -0.2) is 0 Å². The predicted molar refractivity (Wildman–Crippen MR) is 100 cm³/mol. The summed E-state index contributed by atoms with van der Waals surface area (Å²) in [6.07, 6.45) is 3.33. The van der Waals surface area contributed by atoms with Gasteiger partial charge in [0.05, 0.1) is 18.3 Å². The van der Waals surface area contributed by atoms with E-state index >= 15 is 0 Å². The minimum atomic E-state index is -2.38. The van der Waals surface area contributed by atoms with Gasteiger partial charge in [0.25, 0.3) is 8.32 Å². The molecule has 0 radical (unpaired) electrons. The summed E-state index contributed by atoms with van der Waals surface area (Å²) in [6.45, 7) is 7.02. The van der Waals surface area contributed by atoms with Crippen LogP contribution in [0.4, 0.5) is 0 Å². The van der Waals surface area contributed by atoms with Crippen molar-refractivity contribution in [3.8, 4) is 0 Å². The number of epoxide rings is 1. The maximum absolute atomic E-state index is 7.10. The molecule has 1 aliphatic carbocycles. The standard InChI is InChI=1S/C21H26O2Si/c1-21(2,3)24(17-10-6-4-7-11-17,18-12-8-5-9-13-18)23-16-14-19-20(15-16)22-19/h4-13,16,19-20H,14-15H2,1-3H3/t16-,19-,20+. The molecular weight excluding hydrogens is 312 g/mol. The predicted octanol–water partition coefficient (Wildman–Crippen LogP) is 3.49. The van der Waals surface area contributed by atoms with Crippen LogP contribution in [0.15, 0.2) is 60.7 Å². The second kappa shape index (κ2) is 5.83. The summed E-state index contributed by atoms with van der Waals surface area (Å²) >= 11 is 0. The van der Waals surface area contributed by atoms with Crippen LogP contribution in [0.5, 0.6) is 0 Å². The highest BCUT2D eigenvalue weighted by molar-refractivity contribution is 6.99. The topological polar surface area (TPSA) is 21.8 Å². The molecule has 1 heterocycles. The Morgan fingerprint density at radius 1 is 0.833 bits per heavy atom. The molecule has 1 saturated carbocycles. The molecule has 126 valence electrons. The Balaban J connectivity index is 1.82. The van der Waals surface area contributed by atoms with Gasteiger partial charge < -0.3 is 9.16 Å². The molecule has 0 amide bonds. The second-order valence-electron chi connectivity index (χ2n) is 8.09. The average molecular weight is 339 g/mol. The zero-order chi connectivity index (χ0) is 16.8. The van der Waals surface area contributed by atoms with E-state index in [1.165, 1.54) is 10.4 Å². The molecule has 24 heavy (non-hydrogen) atoms. The van der Waals surface area contributed by atoms with Gasteiger partial charge in [0.15, 0.2) is 0 Å². The fourth-order valence-corrected chi connectivity index (χ4v) is 8.95. The van der Waals surface area contributed by atoms with Crippen LogP contribution < -0.4 is 10.4 Å². The maximum atomic E-state index is 7.10. The van der Waals surface area contributed by atoms with Crippen molar-refractivity contribution < 1.29 is 9.16 Å². The highest BCUT2D eigenvalue weighted by Crippen LogP contribution is 2.44. The van der Waals surface area contributed by atoms with Crippen LogP contribution in [0.25, 0.3) is 0 Å². The number of ether oxygens (including phenoxy) is 1. The first-order valence-electron chi connectivity index (χ1n) is 8.95. The van der Waals surface area contributed by atoms with Crippen LogP contribution in [-0.4, -0.2) is 26.6 Å². The normalized spacial score (nSPS) is 26.2. The molecule has 2 aromatic rings. The molecule has 2 fully saturated rings. The number of fused-ring (bicyclic) bond motifs is 1. The van der Waals surface area contributed by atoms with Gasteiger partial charge in [0, 0.05) is 12.8 Å². The van der Waals surface area contributed by atoms with Gasteiger partial charge in [0.1, 0.15) is 0 Å². The molecule has 0 spiro atoms. The lowest BCUT2D eigenvalue weighted by atomic mass is 10.2. The SMILES string of the molecule is CC(C)(C)[Si](O[C@H]1C[C@@H]2O[C@@H]2C1)(c1ccccc1)c1ccccc1. The molecule has 2 aliphatic rings. The Labute approximate surface area is 145 Å². The summed E-state index contributed by atoms with van der Waals surface area (Å²) in [4.78, 5) is 0. The minimum Gasteiger partial charge on any atom is -0.404 e. The third kappa shape index (κ3) is 2.65. The van der Waals surface area contributed by atoms with E-state index in [-0.39, 0.29) is 5.04 Å². The van der Waals surface area contributed by atoms with Crippen LogP contribution in [0, 0.1) is 0 Å². The van der Waals surface area contributed by atoms with Crippen molar-refractivity contribution in [2.45, 2.75) is 57.0 Å². The summed E-state index contributed by atoms with van der Waals surface area (Å²) < 4.78 is 12.7. The Hall–Kier alpha value is -1.42. The van der Waals surface area contributed by atoms with E-state index in [4.69, 9.17) is 9.16 Å². The number of hydrogen-bond acceptors (Lipinski definition) is 2. The summed E-state index contributed by atoms with van der Waals surface area (Å²) in [5, 5.41) is 2.79. The van der Waals surface area contributed by atoms with Crippen molar-refractivity contribution in [2.75, 3.05) is 0 Å². The number of rotatable bonds is 4. The first-order valence-corrected chi connectivity index (χ1v) is 10.9. The molecule has 0 N–H and O–H groups in total.